The second kappa shape index (κ2) is 6.03. The van der Waals surface area contributed by atoms with Gasteiger partial charge >= 0.3 is 12.0 Å². The summed E-state index contributed by atoms with van der Waals surface area (Å²) in [6, 6.07) is 0.417. The molecule has 1 unspecified atom stereocenters. The van der Waals surface area contributed by atoms with Crippen molar-refractivity contribution in [3.8, 4) is 0 Å². The standard InChI is InChI=1S/C14H20N2O4S/c1-7-4-11(9(3)21-7)8(2)15-14(20)16-6-10(17)5-12(16)13(18)19/h4,8,10,12,17H,5-6H2,1-3H3,(H,15,20)(H,18,19)/t8?,10-,12-/m0/s1. The number of carboxylic acids is 1. The van der Waals surface area contributed by atoms with Crippen LogP contribution in [-0.2, 0) is 4.79 Å². The van der Waals surface area contributed by atoms with Crippen LogP contribution in [0.5, 0.6) is 0 Å². The molecule has 0 radical (unpaired) electrons. The van der Waals surface area contributed by atoms with Crippen LogP contribution in [-0.4, -0.2) is 45.8 Å². The summed E-state index contributed by atoms with van der Waals surface area (Å²) >= 11 is 1.66. The Bertz CT molecular complexity index is 557. The molecule has 1 fully saturated rings. The normalized spacial score (nSPS) is 23.1. The van der Waals surface area contributed by atoms with Gasteiger partial charge in [-0.25, -0.2) is 9.59 Å². The van der Waals surface area contributed by atoms with Crippen LogP contribution in [0.2, 0.25) is 0 Å². The number of hydrogen-bond acceptors (Lipinski definition) is 4. The molecular weight excluding hydrogens is 292 g/mol. The summed E-state index contributed by atoms with van der Waals surface area (Å²) in [4.78, 5) is 26.9. The zero-order valence-electron chi connectivity index (χ0n) is 12.3. The number of carboxylic acid groups (broad SMARTS) is 1. The first-order valence-electron chi connectivity index (χ1n) is 6.84. The minimum Gasteiger partial charge on any atom is -0.480 e. The highest BCUT2D eigenvalue weighted by Gasteiger charge is 2.39. The maximum absolute atomic E-state index is 12.3. The molecule has 1 aromatic heterocycles. The quantitative estimate of drug-likeness (QED) is 0.792. The van der Waals surface area contributed by atoms with Crippen molar-refractivity contribution in [2.24, 2.45) is 0 Å². The monoisotopic (exact) mass is 312 g/mol. The highest BCUT2D eigenvalue weighted by molar-refractivity contribution is 7.12. The van der Waals surface area contributed by atoms with E-state index in [1.807, 2.05) is 26.8 Å². The van der Waals surface area contributed by atoms with Crippen molar-refractivity contribution in [2.75, 3.05) is 6.54 Å². The van der Waals surface area contributed by atoms with E-state index < -0.39 is 24.1 Å². The zero-order valence-corrected chi connectivity index (χ0v) is 13.1. The smallest absolute Gasteiger partial charge is 0.326 e. The fraction of sp³-hybridized carbons (Fsp3) is 0.571. The molecule has 1 aliphatic heterocycles. The van der Waals surface area contributed by atoms with Gasteiger partial charge in [0.05, 0.1) is 12.1 Å². The number of aliphatic carboxylic acids is 1. The lowest BCUT2D eigenvalue weighted by Crippen LogP contribution is -2.46. The van der Waals surface area contributed by atoms with Crippen molar-refractivity contribution in [3.05, 3.63) is 21.4 Å². The Morgan fingerprint density at radius 2 is 2.14 bits per heavy atom. The lowest BCUT2D eigenvalue weighted by Gasteiger charge is -2.24. The molecule has 2 heterocycles. The van der Waals surface area contributed by atoms with Gasteiger partial charge in [0.15, 0.2) is 0 Å². The summed E-state index contributed by atoms with van der Waals surface area (Å²) < 4.78 is 0. The first kappa shape index (κ1) is 15.8. The molecule has 21 heavy (non-hydrogen) atoms. The Labute approximate surface area is 127 Å². The lowest BCUT2D eigenvalue weighted by molar-refractivity contribution is -0.141. The molecule has 0 spiro atoms. The Morgan fingerprint density at radius 3 is 2.67 bits per heavy atom. The maximum atomic E-state index is 12.3. The molecule has 1 aromatic rings. The predicted molar refractivity (Wildman–Crippen MR) is 79.5 cm³/mol. The number of rotatable bonds is 3. The van der Waals surface area contributed by atoms with E-state index in [1.165, 1.54) is 9.78 Å². The summed E-state index contributed by atoms with van der Waals surface area (Å²) in [5, 5.41) is 21.5. The molecule has 6 nitrogen and oxygen atoms in total. The highest BCUT2D eigenvalue weighted by atomic mass is 32.1. The minimum absolute atomic E-state index is 0.0527. The number of aliphatic hydroxyl groups is 1. The number of amides is 2. The number of carbonyl (C=O) groups excluding carboxylic acids is 1. The van der Waals surface area contributed by atoms with Gasteiger partial charge in [0, 0.05) is 22.7 Å². The molecule has 0 saturated carbocycles. The van der Waals surface area contributed by atoms with E-state index in [2.05, 4.69) is 5.32 Å². The number of thiophene rings is 1. The van der Waals surface area contributed by atoms with E-state index in [1.54, 1.807) is 11.3 Å². The van der Waals surface area contributed by atoms with Crippen LogP contribution in [0.3, 0.4) is 0 Å². The van der Waals surface area contributed by atoms with Crippen LogP contribution in [0.15, 0.2) is 6.07 Å². The van der Waals surface area contributed by atoms with E-state index in [9.17, 15) is 14.7 Å². The highest BCUT2D eigenvalue weighted by Crippen LogP contribution is 2.27. The SMILES string of the molecule is Cc1cc(C(C)NC(=O)N2C[C@@H](O)C[C@H]2C(=O)O)c(C)s1. The van der Waals surface area contributed by atoms with Crippen molar-refractivity contribution in [1.29, 1.82) is 0 Å². The van der Waals surface area contributed by atoms with Crippen molar-refractivity contribution >= 4 is 23.3 Å². The third-order valence-corrected chi connectivity index (χ3v) is 4.69. The first-order valence-corrected chi connectivity index (χ1v) is 7.66. The third-order valence-electron chi connectivity index (χ3n) is 3.71. The summed E-state index contributed by atoms with van der Waals surface area (Å²) in [5.74, 6) is -1.09. The number of aliphatic hydroxyl groups excluding tert-OH is 1. The maximum Gasteiger partial charge on any atom is 0.326 e. The van der Waals surface area contributed by atoms with E-state index in [0.29, 0.717) is 0 Å². The molecule has 0 aromatic carbocycles. The number of nitrogens with zero attached hydrogens (tertiary/aromatic N) is 1. The molecule has 7 heteroatoms. The Hall–Kier alpha value is -1.60. The van der Waals surface area contributed by atoms with Gasteiger partial charge in [-0.1, -0.05) is 0 Å². The van der Waals surface area contributed by atoms with E-state index in [4.69, 9.17) is 5.11 Å². The molecule has 3 N–H and O–H groups in total. The summed E-state index contributed by atoms with van der Waals surface area (Å²) in [7, 11) is 0. The Balaban J connectivity index is 2.07. The third kappa shape index (κ3) is 3.36. The van der Waals surface area contributed by atoms with Crippen LogP contribution in [0.25, 0.3) is 0 Å². The van der Waals surface area contributed by atoms with Crippen molar-refractivity contribution in [2.45, 2.75) is 45.4 Å². The average Bonchev–Trinajstić information content (AvgIpc) is 2.92. The van der Waals surface area contributed by atoms with Gasteiger partial charge in [0.25, 0.3) is 0 Å². The largest absolute Gasteiger partial charge is 0.480 e. The Kier molecular flexibility index (Phi) is 4.53. The number of β-amino-alcohol motifs (C(OH)–C–C–N with tert-alkyl or cyclic N) is 1. The van der Waals surface area contributed by atoms with Gasteiger partial charge in [-0.3, -0.25) is 0 Å². The molecule has 2 rings (SSSR count). The fourth-order valence-electron chi connectivity index (χ4n) is 2.70. The average molecular weight is 312 g/mol. The predicted octanol–water partition coefficient (Wildman–Crippen LogP) is 1.66. The van der Waals surface area contributed by atoms with Crippen molar-refractivity contribution in [1.82, 2.24) is 10.2 Å². The molecule has 1 aliphatic rings. The molecular formula is C14H20N2O4S. The van der Waals surface area contributed by atoms with Gasteiger partial charge in [-0.2, -0.15) is 0 Å². The number of hydrogen-bond donors (Lipinski definition) is 3. The molecule has 0 bridgehead atoms. The van der Waals surface area contributed by atoms with Gasteiger partial charge in [-0.15, -0.1) is 11.3 Å². The summed E-state index contributed by atoms with van der Waals surface area (Å²) in [6.07, 6.45) is -0.703. The summed E-state index contributed by atoms with van der Waals surface area (Å²) in [5.41, 5.74) is 1.04. The first-order chi connectivity index (χ1) is 9.79. The van der Waals surface area contributed by atoms with Crippen LogP contribution in [0.4, 0.5) is 4.79 Å². The minimum atomic E-state index is -1.09. The van der Waals surface area contributed by atoms with Crippen molar-refractivity contribution in [3.63, 3.8) is 0 Å². The fourth-order valence-corrected chi connectivity index (χ4v) is 3.72. The zero-order chi connectivity index (χ0) is 15.7. The topological polar surface area (TPSA) is 89.9 Å². The van der Waals surface area contributed by atoms with E-state index in [-0.39, 0.29) is 19.0 Å². The molecule has 3 atom stereocenters. The summed E-state index contributed by atoms with van der Waals surface area (Å²) in [6.45, 7) is 5.92. The lowest BCUT2D eigenvalue weighted by atomic mass is 10.1. The van der Waals surface area contributed by atoms with Crippen LogP contribution < -0.4 is 5.32 Å². The van der Waals surface area contributed by atoms with Gasteiger partial charge in [-0.05, 0) is 32.4 Å². The Morgan fingerprint density at radius 1 is 1.48 bits per heavy atom. The second-order valence-corrected chi connectivity index (χ2v) is 6.90. The van der Waals surface area contributed by atoms with E-state index in [0.717, 1.165) is 10.4 Å². The molecule has 2 amide bonds. The number of nitrogens with one attached hydrogen (secondary N) is 1. The van der Waals surface area contributed by atoms with Crippen LogP contribution >= 0.6 is 11.3 Å². The molecule has 1 saturated heterocycles. The van der Waals surface area contributed by atoms with Gasteiger partial charge in [0.2, 0.25) is 0 Å². The van der Waals surface area contributed by atoms with Crippen LogP contribution in [0, 0.1) is 13.8 Å². The van der Waals surface area contributed by atoms with Gasteiger partial charge < -0.3 is 20.4 Å². The number of likely N-dealkylation sites (tertiary alicyclic amines) is 1. The second-order valence-electron chi connectivity index (χ2n) is 5.44. The molecule has 0 aliphatic carbocycles. The number of aryl methyl sites for hydroxylation is 2. The number of urea groups is 1. The van der Waals surface area contributed by atoms with Gasteiger partial charge in [0.1, 0.15) is 6.04 Å². The van der Waals surface area contributed by atoms with Crippen LogP contribution in [0.1, 0.15) is 34.7 Å². The molecule has 116 valence electrons. The van der Waals surface area contributed by atoms with E-state index >= 15 is 0 Å². The number of carbonyl (C=O) groups is 2. The van der Waals surface area contributed by atoms with Crippen molar-refractivity contribution < 1.29 is 19.8 Å².